The summed E-state index contributed by atoms with van der Waals surface area (Å²) in [5.41, 5.74) is 5.49. The van der Waals surface area contributed by atoms with Crippen molar-refractivity contribution in [1.82, 2.24) is 10.9 Å². The number of carbonyl (C=O) groups is 2. The normalized spacial score (nSPS) is 14.3. The fourth-order valence-corrected chi connectivity index (χ4v) is 3.31. The van der Waals surface area contributed by atoms with E-state index < -0.39 is 5.41 Å². The van der Waals surface area contributed by atoms with E-state index in [9.17, 15) is 9.59 Å². The van der Waals surface area contributed by atoms with Gasteiger partial charge < -0.3 is 4.74 Å². The number of benzene rings is 2. The number of hydrogen-bond donors (Lipinski definition) is 2. The van der Waals surface area contributed by atoms with Gasteiger partial charge in [-0.05, 0) is 43.0 Å². The number of ether oxygens (including phenoxy) is 1. The molecule has 142 valence electrons. The Balaban J connectivity index is 1.38. The monoisotopic (exact) mass is 406 g/mol. The molecule has 2 aromatic rings. The number of hydrogen-bond acceptors (Lipinski definition) is 3. The maximum atomic E-state index is 12.4. The Morgan fingerprint density at radius 2 is 1.78 bits per heavy atom. The van der Waals surface area contributed by atoms with Crippen molar-refractivity contribution in [2.75, 3.05) is 6.61 Å². The Labute approximate surface area is 168 Å². The Bertz CT molecular complexity index is 823. The van der Waals surface area contributed by atoms with Gasteiger partial charge in [-0.15, -0.1) is 0 Å². The lowest BCUT2D eigenvalue weighted by molar-refractivity contribution is -0.130. The average molecular weight is 407 g/mol. The molecule has 1 saturated carbocycles. The zero-order valence-electron chi connectivity index (χ0n) is 14.6. The largest absolute Gasteiger partial charge is 0.492 e. The van der Waals surface area contributed by atoms with Gasteiger partial charge in [0.15, 0.2) is 0 Å². The van der Waals surface area contributed by atoms with E-state index in [2.05, 4.69) is 10.9 Å². The molecule has 0 aromatic heterocycles. The molecule has 1 aliphatic rings. The van der Waals surface area contributed by atoms with Gasteiger partial charge in [0.1, 0.15) is 5.75 Å². The molecule has 5 nitrogen and oxygen atoms in total. The van der Waals surface area contributed by atoms with Crippen LogP contribution in [-0.4, -0.2) is 18.4 Å². The molecule has 2 aromatic carbocycles. The first-order valence-electron chi connectivity index (χ1n) is 8.74. The van der Waals surface area contributed by atoms with Crippen LogP contribution >= 0.6 is 23.2 Å². The summed E-state index contributed by atoms with van der Waals surface area (Å²) in [5, 5.41) is 0.960. The standard InChI is InChI=1S/C20H20Cl2N2O3/c21-15-8-9-17(16(22)13-15)27-12-4-7-18(25)23-24-19(26)20(10-11-20)14-5-2-1-3-6-14/h1-3,5-6,8-9,13H,4,7,10-12H2,(H,23,25)(H,24,26). The average Bonchev–Trinajstić information content (AvgIpc) is 3.47. The van der Waals surface area contributed by atoms with E-state index in [0.29, 0.717) is 28.8 Å². The lowest BCUT2D eigenvalue weighted by Crippen LogP contribution is -2.46. The summed E-state index contributed by atoms with van der Waals surface area (Å²) >= 11 is 11.8. The molecule has 0 spiro atoms. The molecule has 1 aliphatic carbocycles. The van der Waals surface area contributed by atoms with E-state index in [1.807, 2.05) is 30.3 Å². The van der Waals surface area contributed by atoms with Crippen LogP contribution < -0.4 is 15.6 Å². The summed E-state index contributed by atoms with van der Waals surface area (Å²) in [4.78, 5) is 24.4. The molecule has 0 heterocycles. The SMILES string of the molecule is O=C(CCCOc1ccc(Cl)cc1Cl)NNC(=O)C1(c2ccccc2)CC1. The van der Waals surface area contributed by atoms with Crippen LogP contribution in [0.5, 0.6) is 5.75 Å². The van der Waals surface area contributed by atoms with E-state index in [4.69, 9.17) is 27.9 Å². The van der Waals surface area contributed by atoms with Crippen molar-refractivity contribution >= 4 is 35.0 Å². The van der Waals surface area contributed by atoms with Crippen molar-refractivity contribution in [1.29, 1.82) is 0 Å². The Kier molecular flexibility index (Phi) is 6.24. The molecule has 7 heteroatoms. The van der Waals surface area contributed by atoms with Crippen molar-refractivity contribution in [3.63, 3.8) is 0 Å². The first-order valence-corrected chi connectivity index (χ1v) is 9.49. The fourth-order valence-electron chi connectivity index (χ4n) is 2.84. The minimum Gasteiger partial charge on any atom is -0.492 e. The topological polar surface area (TPSA) is 67.4 Å². The predicted octanol–water partition coefficient (Wildman–Crippen LogP) is 4.03. The van der Waals surface area contributed by atoms with Gasteiger partial charge in [-0.25, -0.2) is 0 Å². The van der Waals surface area contributed by atoms with Crippen LogP contribution in [0, 0.1) is 0 Å². The highest BCUT2D eigenvalue weighted by atomic mass is 35.5. The van der Waals surface area contributed by atoms with Gasteiger partial charge in [0.2, 0.25) is 11.8 Å². The fraction of sp³-hybridized carbons (Fsp3) is 0.300. The quantitative estimate of drug-likeness (QED) is 0.538. The van der Waals surface area contributed by atoms with Crippen molar-refractivity contribution in [3.8, 4) is 5.75 Å². The van der Waals surface area contributed by atoms with Gasteiger partial charge in [0.25, 0.3) is 0 Å². The van der Waals surface area contributed by atoms with Gasteiger partial charge in [0.05, 0.1) is 17.0 Å². The van der Waals surface area contributed by atoms with E-state index in [1.54, 1.807) is 18.2 Å². The highest BCUT2D eigenvalue weighted by molar-refractivity contribution is 6.35. The molecule has 0 saturated heterocycles. The molecule has 0 bridgehead atoms. The molecule has 1 fully saturated rings. The van der Waals surface area contributed by atoms with Crippen LogP contribution in [0.1, 0.15) is 31.2 Å². The number of carbonyl (C=O) groups excluding carboxylic acids is 2. The zero-order valence-corrected chi connectivity index (χ0v) is 16.1. The predicted molar refractivity (Wildman–Crippen MR) is 105 cm³/mol. The molecule has 0 atom stereocenters. The third-order valence-corrected chi connectivity index (χ3v) is 5.06. The van der Waals surface area contributed by atoms with E-state index in [0.717, 1.165) is 18.4 Å². The molecule has 2 amide bonds. The Morgan fingerprint density at radius 3 is 2.44 bits per heavy atom. The Morgan fingerprint density at radius 1 is 1.04 bits per heavy atom. The minimum absolute atomic E-state index is 0.175. The first kappa shape index (κ1) is 19.5. The van der Waals surface area contributed by atoms with Crippen molar-refractivity contribution in [2.24, 2.45) is 0 Å². The lowest BCUT2D eigenvalue weighted by Gasteiger charge is -2.16. The second-order valence-electron chi connectivity index (χ2n) is 6.48. The van der Waals surface area contributed by atoms with Crippen LogP contribution in [-0.2, 0) is 15.0 Å². The number of hydrazine groups is 1. The number of amides is 2. The van der Waals surface area contributed by atoms with E-state index >= 15 is 0 Å². The third-order valence-electron chi connectivity index (χ3n) is 4.53. The van der Waals surface area contributed by atoms with Crippen LogP contribution in [0.3, 0.4) is 0 Å². The smallest absolute Gasteiger partial charge is 0.249 e. The first-order chi connectivity index (χ1) is 13.0. The minimum atomic E-state index is -0.511. The van der Waals surface area contributed by atoms with Crippen LogP contribution in [0.2, 0.25) is 10.0 Å². The van der Waals surface area contributed by atoms with Gasteiger partial charge >= 0.3 is 0 Å². The van der Waals surface area contributed by atoms with Crippen LogP contribution in [0.25, 0.3) is 0 Å². The number of rotatable bonds is 7. The van der Waals surface area contributed by atoms with Gasteiger partial charge in [-0.3, -0.25) is 20.4 Å². The third kappa shape index (κ3) is 4.93. The van der Waals surface area contributed by atoms with Crippen molar-refractivity contribution in [3.05, 3.63) is 64.1 Å². The molecule has 3 rings (SSSR count). The highest BCUT2D eigenvalue weighted by Crippen LogP contribution is 2.48. The Hall–Kier alpha value is -2.24. The summed E-state index contributed by atoms with van der Waals surface area (Å²) in [7, 11) is 0. The van der Waals surface area contributed by atoms with Gasteiger partial charge in [-0.2, -0.15) is 0 Å². The summed E-state index contributed by atoms with van der Waals surface area (Å²) < 4.78 is 5.53. The van der Waals surface area contributed by atoms with Crippen molar-refractivity contribution in [2.45, 2.75) is 31.1 Å². The molecular weight excluding hydrogens is 387 g/mol. The van der Waals surface area contributed by atoms with Crippen LogP contribution in [0.4, 0.5) is 0 Å². The molecule has 0 unspecified atom stereocenters. The summed E-state index contributed by atoms with van der Waals surface area (Å²) in [6, 6.07) is 14.6. The maximum Gasteiger partial charge on any atom is 0.249 e. The number of nitrogens with one attached hydrogen (secondary N) is 2. The summed E-state index contributed by atoms with van der Waals surface area (Å²) in [6.45, 7) is 0.330. The summed E-state index contributed by atoms with van der Waals surface area (Å²) in [6.07, 6.45) is 2.29. The second kappa shape index (κ2) is 8.63. The molecule has 2 N–H and O–H groups in total. The molecule has 0 aliphatic heterocycles. The lowest BCUT2D eigenvalue weighted by atomic mass is 9.95. The molecule has 0 radical (unpaired) electrons. The zero-order chi connectivity index (χ0) is 19.3. The van der Waals surface area contributed by atoms with Crippen LogP contribution in [0.15, 0.2) is 48.5 Å². The van der Waals surface area contributed by atoms with Crippen molar-refractivity contribution < 1.29 is 14.3 Å². The van der Waals surface area contributed by atoms with Gasteiger partial charge in [0, 0.05) is 11.4 Å². The number of halogens is 2. The van der Waals surface area contributed by atoms with E-state index in [-0.39, 0.29) is 18.2 Å². The highest BCUT2D eigenvalue weighted by Gasteiger charge is 2.51. The van der Waals surface area contributed by atoms with E-state index in [1.165, 1.54) is 0 Å². The molecule has 27 heavy (non-hydrogen) atoms. The van der Waals surface area contributed by atoms with Gasteiger partial charge in [-0.1, -0.05) is 53.5 Å². The second-order valence-corrected chi connectivity index (χ2v) is 7.32. The maximum absolute atomic E-state index is 12.4. The molecular formula is C20H20Cl2N2O3. The summed E-state index contributed by atoms with van der Waals surface area (Å²) in [5.74, 6) is 0.0811.